The van der Waals surface area contributed by atoms with Gasteiger partial charge >= 0.3 is 0 Å². The Balaban J connectivity index is 1.30. The number of nitrogens with one attached hydrogen (secondary N) is 1. The van der Waals surface area contributed by atoms with Crippen LogP contribution < -0.4 is 5.32 Å². The Kier molecular flexibility index (Phi) is 5.76. The van der Waals surface area contributed by atoms with E-state index in [1.54, 1.807) is 0 Å². The number of hydrogen-bond donors (Lipinski definition) is 1. The highest BCUT2D eigenvalue weighted by Crippen LogP contribution is 2.26. The van der Waals surface area contributed by atoms with Crippen molar-refractivity contribution in [3.63, 3.8) is 0 Å². The van der Waals surface area contributed by atoms with Crippen LogP contribution in [0.1, 0.15) is 61.5 Å². The Morgan fingerprint density at radius 1 is 0.963 bits per heavy atom. The van der Waals surface area contributed by atoms with Crippen molar-refractivity contribution >= 4 is 11.8 Å². The average molecular weight is 374 g/mol. The summed E-state index contributed by atoms with van der Waals surface area (Å²) in [6.07, 6.45) is 9.84. The van der Waals surface area contributed by atoms with Crippen molar-refractivity contribution in [2.45, 2.75) is 51.0 Å². The number of aromatic nitrogens is 2. The monoisotopic (exact) mass is 373 g/mol. The van der Waals surface area contributed by atoms with Crippen molar-refractivity contribution in [2.24, 2.45) is 5.92 Å². The van der Waals surface area contributed by atoms with E-state index >= 15 is 0 Å². The highest BCUT2D eigenvalue weighted by Gasteiger charge is 2.30. The first-order chi connectivity index (χ1) is 13.2. The summed E-state index contributed by atoms with van der Waals surface area (Å²) in [5.41, 5.74) is 0.521. The Bertz CT molecular complexity index is 653. The van der Waals surface area contributed by atoms with Crippen molar-refractivity contribution in [1.82, 2.24) is 24.9 Å². The maximum absolute atomic E-state index is 12.8. The Labute approximate surface area is 161 Å². The normalized spacial score (nSPS) is 24.8. The Hall–Kier alpha value is -1.89. The third kappa shape index (κ3) is 4.18. The van der Waals surface area contributed by atoms with Gasteiger partial charge in [0.2, 0.25) is 5.91 Å². The molecule has 1 saturated carbocycles. The lowest BCUT2D eigenvalue weighted by Gasteiger charge is -2.37. The second kappa shape index (κ2) is 8.42. The van der Waals surface area contributed by atoms with Crippen LogP contribution >= 0.6 is 0 Å². The van der Waals surface area contributed by atoms with E-state index in [1.807, 2.05) is 26.7 Å². The summed E-state index contributed by atoms with van der Waals surface area (Å²) in [5.74, 6) is 0.499. The minimum atomic E-state index is -0.0118. The first kappa shape index (κ1) is 18.5. The lowest BCUT2D eigenvalue weighted by molar-refractivity contribution is -0.138. The molecule has 1 aliphatic carbocycles. The average Bonchev–Trinajstić information content (AvgIpc) is 3.24. The molecule has 1 aromatic rings. The van der Waals surface area contributed by atoms with Crippen LogP contribution in [0, 0.1) is 5.92 Å². The lowest BCUT2D eigenvalue weighted by Crippen LogP contribution is -2.52. The van der Waals surface area contributed by atoms with Gasteiger partial charge in [0.05, 0.1) is 6.04 Å². The number of carbonyl (C=O) groups excluding carboxylic acids is 2. The number of nitrogens with zero attached hydrogens (tertiary/aromatic N) is 4. The van der Waals surface area contributed by atoms with Crippen molar-refractivity contribution in [3.05, 3.63) is 18.0 Å². The summed E-state index contributed by atoms with van der Waals surface area (Å²) in [6.45, 7) is 4.48. The molecular weight excluding hydrogens is 342 g/mol. The second-order valence-corrected chi connectivity index (χ2v) is 8.13. The zero-order chi connectivity index (χ0) is 18.6. The Morgan fingerprint density at radius 3 is 2.41 bits per heavy atom. The van der Waals surface area contributed by atoms with Gasteiger partial charge in [0.25, 0.3) is 5.91 Å². The van der Waals surface area contributed by atoms with Gasteiger partial charge in [-0.15, -0.1) is 0 Å². The van der Waals surface area contributed by atoms with Gasteiger partial charge in [-0.2, -0.15) is 5.10 Å². The summed E-state index contributed by atoms with van der Waals surface area (Å²) in [5, 5.41) is 7.93. The molecule has 148 valence electrons. The summed E-state index contributed by atoms with van der Waals surface area (Å²) in [6, 6.07) is 2.17. The molecule has 7 nitrogen and oxygen atoms in total. The molecule has 0 aromatic carbocycles. The van der Waals surface area contributed by atoms with Gasteiger partial charge in [0.1, 0.15) is 5.69 Å². The molecule has 0 spiro atoms. The summed E-state index contributed by atoms with van der Waals surface area (Å²) in [4.78, 5) is 29.3. The predicted molar refractivity (Wildman–Crippen MR) is 102 cm³/mol. The molecule has 7 heteroatoms. The van der Waals surface area contributed by atoms with Crippen LogP contribution in [0.15, 0.2) is 12.3 Å². The van der Waals surface area contributed by atoms with E-state index in [-0.39, 0.29) is 11.8 Å². The van der Waals surface area contributed by atoms with E-state index in [1.165, 1.54) is 19.3 Å². The summed E-state index contributed by atoms with van der Waals surface area (Å²) in [7, 11) is 0. The molecule has 1 N–H and O–H groups in total. The van der Waals surface area contributed by atoms with Crippen LogP contribution in [-0.2, 0) is 4.79 Å². The SMILES string of the molecule is O=C(c1ccn(C2CCCNC2)n1)N1CCN(C(=O)C2CCCCC2)CC1. The minimum absolute atomic E-state index is 0.0118. The molecule has 3 fully saturated rings. The van der Waals surface area contributed by atoms with E-state index < -0.39 is 0 Å². The van der Waals surface area contributed by atoms with Crippen molar-refractivity contribution in [3.8, 4) is 0 Å². The van der Waals surface area contributed by atoms with Gasteiger partial charge < -0.3 is 15.1 Å². The number of rotatable bonds is 3. The van der Waals surface area contributed by atoms with E-state index in [0.717, 1.165) is 38.8 Å². The number of carbonyl (C=O) groups is 2. The molecule has 3 aliphatic rings. The van der Waals surface area contributed by atoms with Crippen LogP contribution in [0.25, 0.3) is 0 Å². The number of piperazine rings is 1. The van der Waals surface area contributed by atoms with E-state index in [9.17, 15) is 9.59 Å². The number of hydrogen-bond acceptors (Lipinski definition) is 4. The van der Waals surface area contributed by atoms with Crippen LogP contribution in [0.5, 0.6) is 0 Å². The zero-order valence-electron chi connectivity index (χ0n) is 16.1. The maximum Gasteiger partial charge on any atom is 0.274 e. The molecule has 2 amide bonds. The van der Waals surface area contributed by atoms with Gasteiger partial charge in [0, 0.05) is 44.8 Å². The van der Waals surface area contributed by atoms with E-state index in [0.29, 0.717) is 43.8 Å². The molecule has 4 rings (SSSR count). The fourth-order valence-electron chi connectivity index (χ4n) is 4.61. The predicted octanol–water partition coefficient (Wildman–Crippen LogP) is 1.67. The summed E-state index contributed by atoms with van der Waals surface area (Å²) >= 11 is 0. The molecular formula is C20H31N5O2. The van der Waals surface area contributed by atoms with Crippen LogP contribution in [-0.4, -0.2) is 70.7 Å². The molecule has 2 saturated heterocycles. The topological polar surface area (TPSA) is 70.5 Å². The fourth-order valence-corrected chi connectivity index (χ4v) is 4.61. The van der Waals surface area contributed by atoms with E-state index in [4.69, 9.17) is 0 Å². The molecule has 1 atom stereocenters. The van der Waals surface area contributed by atoms with E-state index in [2.05, 4.69) is 10.4 Å². The van der Waals surface area contributed by atoms with Gasteiger partial charge in [-0.05, 0) is 38.3 Å². The van der Waals surface area contributed by atoms with Crippen molar-refractivity contribution in [2.75, 3.05) is 39.3 Å². The standard InChI is InChI=1S/C20H31N5O2/c26-19(16-5-2-1-3-6-16)23-11-13-24(14-12-23)20(27)18-8-10-25(22-18)17-7-4-9-21-15-17/h8,10,16-17,21H,1-7,9,11-15H2. The summed E-state index contributed by atoms with van der Waals surface area (Å²) < 4.78 is 1.93. The van der Waals surface area contributed by atoms with Gasteiger partial charge in [-0.25, -0.2) is 0 Å². The number of amides is 2. The first-order valence-corrected chi connectivity index (χ1v) is 10.6. The number of piperidine rings is 1. The molecule has 0 radical (unpaired) electrons. The lowest BCUT2D eigenvalue weighted by atomic mass is 9.88. The van der Waals surface area contributed by atoms with Crippen molar-refractivity contribution < 1.29 is 9.59 Å². The highest BCUT2D eigenvalue weighted by molar-refractivity contribution is 5.92. The minimum Gasteiger partial charge on any atom is -0.339 e. The van der Waals surface area contributed by atoms with Gasteiger partial charge in [0.15, 0.2) is 0 Å². The van der Waals surface area contributed by atoms with Gasteiger partial charge in [-0.1, -0.05) is 19.3 Å². The Morgan fingerprint density at radius 2 is 1.70 bits per heavy atom. The molecule has 3 heterocycles. The van der Waals surface area contributed by atoms with Crippen LogP contribution in [0.2, 0.25) is 0 Å². The molecule has 0 bridgehead atoms. The molecule has 1 unspecified atom stereocenters. The first-order valence-electron chi connectivity index (χ1n) is 10.6. The third-order valence-corrected chi connectivity index (χ3v) is 6.31. The smallest absolute Gasteiger partial charge is 0.274 e. The molecule has 27 heavy (non-hydrogen) atoms. The highest BCUT2D eigenvalue weighted by atomic mass is 16.2. The molecule has 1 aromatic heterocycles. The molecule has 2 aliphatic heterocycles. The third-order valence-electron chi connectivity index (χ3n) is 6.31. The second-order valence-electron chi connectivity index (χ2n) is 8.13. The van der Waals surface area contributed by atoms with Crippen LogP contribution in [0.4, 0.5) is 0 Å². The van der Waals surface area contributed by atoms with Crippen molar-refractivity contribution in [1.29, 1.82) is 0 Å². The van der Waals surface area contributed by atoms with Gasteiger partial charge in [-0.3, -0.25) is 14.3 Å². The fraction of sp³-hybridized carbons (Fsp3) is 0.750. The largest absolute Gasteiger partial charge is 0.339 e. The van der Waals surface area contributed by atoms with Crippen LogP contribution in [0.3, 0.4) is 0 Å². The zero-order valence-corrected chi connectivity index (χ0v) is 16.1. The maximum atomic E-state index is 12.8. The quantitative estimate of drug-likeness (QED) is 0.875.